The van der Waals surface area contributed by atoms with Crippen molar-refractivity contribution in [3.8, 4) is 11.9 Å². The van der Waals surface area contributed by atoms with Gasteiger partial charge in [0.05, 0.1) is 12.0 Å². The molecule has 0 unspecified atom stereocenters. The van der Waals surface area contributed by atoms with Gasteiger partial charge >= 0.3 is 6.01 Å². The fraction of sp³-hybridized carbons (Fsp3) is 0.167. The molecule has 19 heteroatoms. The van der Waals surface area contributed by atoms with Gasteiger partial charge in [0.25, 0.3) is 15.7 Å². The number of nitrogens with one attached hydrogen (secondary N) is 2. The van der Waals surface area contributed by atoms with E-state index in [1.54, 1.807) is 45.0 Å². The summed E-state index contributed by atoms with van der Waals surface area (Å²) in [6.07, 6.45) is 0. The van der Waals surface area contributed by atoms with Crippen LogP contribution in [0.25, 0.3) is 0 Å². The van der Waals surface area contributed by atoms with Crippen LogP contribution in [0.3, 0.4) is 0 Å². The fourth-order valence-corrected chi connectivity index (χ4v) is 4.68. The molecular formula is C24H24N8O9S2. The van der Waals surface area contributed by atoms with E-state index in [2.05, 4.69) is 45.2 Å². The molecule has 0 amide bonds. The van der Waals surface area contributed by atoms with E-state index in [9.17, 15) is 28.0 Å². The van der Waals surface area contributed by atoms with Crippen molar-refractivity contribution in [1.82, 2.24) is 19.5 Å². The van der Waals surface area contributed by atoms with Gasteiger partial charge in [-0.05, 0) is 68.8 Å². The third kappa shape index (κ3) is 7.41. The second kappa shape index (κ2) is 13.1. The van der Waals surface area contributed by atoms with Crippen molar-refractivity contribution >= 4 is 56.8 Å². The lowest BCUT2D eigenvalue weighted by molar-refractivity contribution is -0.432. The normalized spacial score (nSPS) is 11.7. The molecule has 2 heterocycles. The van der Waals surface area contributed by atoms with Crippen molar-refractivity contribution < 1.29 is 37.8 Å². The summed E-state index contributed by atoms with van der Waals surface area (Å²) in [5.41, 5.74) is 0.573. The third-order valence-electron chi connectivity index (χ3n) is 5.91. The van der Waals surface area contributed by atoms with E-state index in [1.807, 2.05) is 0 Å². The van der Waals surface area contributed by atoms with Crippen molar-refractivity contribution in [3.05, 3.63) is 63.9 Å². The van der Waals surface area contributed by atoms with Crippen LogP contribution in [0.5, 0.6) is 11.9 Å². The topological polar surface area (TPSA) is 243 Å². The molecule has 0 fully saturated rings. The fourth-order valence-electron chi connectivity index (χ4n) is 3.72. The zero-order valence-corrected chi connectivity index (χ0v) is 24.2. The zero-order chi connectivity index (χ0) is 31.3. The Hall–Kier alpha value is -4.66. The molecule has 0 bridgehead atoms. The Kier molecular flexibility index (Phi) is 9.53. The first kappa shape index (κ1) is 31.3. The number of azo groups is 1. The molecule has 0 aliphatic carbocycles. The minimum absolute atomic E-state index is 0.0489. The highest BCUT2D eigenvalue weighted by atomic mass is 32.2. The first-order chi connectivity index (χ1) is 20.4. The first-order valence-electron chi connectivity index (χ1n) is 12.1. The predicted molar refractivity (Wildman–Crippen MR) is 153 cm³/mol. The van der Waals surface area contributed by atoms with Gasteiger partial charge in [-0.15, -0.1) is 14.6 Å². The summed E-state index contributed by atoms with van der Waals surface area (Å²) >= 11 is 0.766. The van der Waals surface area contributed by atoms with E-state index >= 15 is 0 Å². The summed E-state index contributed by atoms with van der Waals surface area (Å²) in [7, 11) is -4.75. The first-order valence-corrected chi connectivity index (χ1v) is 14.3. The average molecular weight is 633 g/mol. The van der Waals surface area contributed by atoms with E-state index in [-0.39, 0.29) is 35.5 Å². The average Bonchev–Trinajstić information content (AvgIpc) is 2.95. The maximum absolute atomic E-state index is 12.4. The van der Waals surface area contributed by atoms with Gasteiger partial charge < -0.3 is 20.8 Å². The monoisotopic (exact) mass is 632 g/mol. The highest BCUT2D eigenvalue weighted by Gasteiger charge is 2.19. The van der Waals surface area contributed by atoms with E-state index < -0.39 is 32.5 Å². The summed E-state index contributed by atoms with van der Waals surface area (Å²) in [5, 5.41) is 46.1. The molecule has 2 aromatic heterocycles. The molecule has 2 aromatic carbocycles. The van der Waals surface area contributed by atoms with Gasteiger partial charge in [-0.2, -0.15) is 23.4 Å². The number of pyridine rings is 1. The van der Waals surface area contributed by atoms with Crippen LogP contribution in [0.15, 0.2) is 67.3 Å². The van der Waals surface area contributed by atoms with E-state index in [4.69, 9.17) is 5.26 Å². The zero-order valence-electron chi connectivity index (χ0n) is 22.6. The molecule has 17 nitrogen and oxygen atoms in total. The van der Waals surface area contributed by atoms with E-state index in [1.165, 1.54) is 12.1 Å². The van der Waals surface area contributed by atoms with Crippen molar-refractivity contribution in [2.75, 3.05) is 10.6 Å². The van der Waals surface area contributed by atoms with Crippen LogP contribution in [0.1, 0.15) is 18.1 Å². The number of aromatic hydroxyl groups is 2. The Morgan fingerprint density at radius 2 is 1.58 bits per heavy atom. The predicted octanol–water partition coefficient (Wildman–Crippen LogP) is 4.66. The quantitative estimate of drug-likeness (QED) is 0.0433. The third-order valence-corrected chi connectivity index (χ3v) is 7.41. The minimum atomic E-state index is -4.75. The number of aromatic nitrogens is 4. The van der Waals surface area contributed by atoms with Crippen LogP contribution < -0.4 is 16.2 Å². The molecule has 4 rings (SSSR count). The summed E-state index contributed by atoms with van der Waals surface area (Å²) in [6, 6.07) is 9.46. The minimum Gasteiger partial charge on any atom is -0.493 e. The lowest BCUT2D eigenvalue weighted by atomic mass is 10.1. The maximum Gasteiger partial charge on any atom is 0.320 e. The number of rotatable bonds is 11. The molecule has 0 spiro atoms. The Bertz CT molecular complexity index is 1850. The van der Waals surface area contributed by atoms with E-state index in [0.717, 1.165) is 22.7 Å². The van der Waals surface area contributed by atoms with Gasteiger partial charge in [-0.3, -0.25) is 13.9 Å². The number of hydrogen-bond donors (Lipinski definition) is 6. The standard InChI is InChI=1S/C24H24N8O9S2/c1-4-32-20(33)13(3)12(2)19(21(32)34)31-30-17-11-15(7-10-18(17)43(37,38)39)26-23-27-22(28-24(35)29-23)25-14-5-8-16(9-6-14)42-41-40-36/h5-11,34,36H,4H2,1-3H3,(H,37,38,39)(H3,25,26,27,28,29,35). The van der Waals surface area contributed by atoms with Crippen LogP contribution in [0.4, 0.5) is 34.6 Å². The summed E-state index contributed by atoms with van der Waals surface area (Å²) < 4.78 is 39.3. The summed E-state index contributed by atoms with van der Waals surface area (Å²) in [5.74, 6) is -0.645. The Labute approximate surface area is 247 Å². The molecule has 0 aliphatic heterocycles. The molecule has 0 saturated carbocycles. The second-order valence-electron chi connectivity index (χ2n) is 8.61. The number of anilines is 4. The lowest BCUT2D eigenvalue weighted by Crippen LogP contribution is -2.22. The number of nitrogens with zero attached hydrogens (tertiary/aromatic N) is 6. The molecule has 6 N–H and O–H groups in total. The van der Waals surface area contributed by atoms with Crippen LogP contribution in [-0.2, 0) is 26.0 Å². The number of benzene rings is 2. The van der Waals surface area contributed by atoms with Crippen molar-refractivity contribution in [1.29, 1.82) is 0 Å². The molecule has 4 aromatic rings. The van der Waals surface area contributed by atoms with Crippen LogP contribution >= 0.6 is 12.0 Å². The van der Waals surface area contributed by atoms with Gasteiger partial charge in [0.2, 0.25) is 17.8 Å². The van der Waals surface area contributed by atoms with Crippen LogP contribution in [-0.4, -0.2) is 48.0 Å². The van der Waals surface area contributed by atoms with Crippen LogP contribution in [0.2, 0.25) is 0 Å². The highest BCUT2D eigenvalue weighted by Crippen LogP contribution is 2.35. The van der Waals surface area contributed by atoms with Gasteiger partial charge in [0, 0.05) is 28.4 Å². The van der Waals surface area contributed by atoms with Crippen molar-refractivity contribution in [3.63, 3.8) is 0 Å². The SMILES string of the molecule is CCn1c(O)c(N=Nc2cc(Nc3nc(O)nc(Nc4ccc(SOOO)cc4)n3)ccc2S(=O)(=O)O)c(C)c(C)c1=O. The van der Waals surface area contributed by atoms with Crippen molar-refractivity contribution in [2.45, 2.75) is 37.1 Å². The van der Waals surface area contributed by atoms with E-state index in [0.29, 0.717) is 21.7 Å². The molecular weight excluding hydrogens is 608 g/mol. The lowest BCUT2D eigenvalue weighted by Gasteiger charge is -2.12. The summed E-state index contributed by atoms with van der Waals surface area (Å²) in [4.78, 5) is 24.3. The smallest absolute Gasteiger partial charge is 0.320 e. The molecule has 0 saturated heterocycles. The largest absolute Gasteiger partial charge is 0.493 e. The Balaban J connectivity index is 1.65. The second-order valence-corrected chi connectivity index (χ2v) is 10.8. The number of hydrogen-bond acceptors (Lipinski definition) is 16. The maximum atomic E-state index is 12.4. The van der Waals surface area contributed by atoms with Gasteiger partial charge in [0.1, 0.15) is 16.3 Å². The van der Waals surface area contributed by atoms with Gasteiger partial charge in [0.15, 0.2) is 0 Å². The molecule has 0 aliphatic rings. The molecule has 226 valence electrons. The Morgan fingerprint density at radius 3 is 2.19 bits per heavy atom. The molecule has 43 heavy (non-hydrogen) atoms. The highest BCUT2D eigenvalue weighted by molar-refractivity contribution is 7.94. The Morgan fingerprint density at radius 1 is 0.953 bits per heavy atom. The van der Waals surface area contributed by atoms with Gasteiger partial charge in [-0.1, -0.05) is 5.04 Å². The van der Waals surface area contributed by atoms with Crippen molar-refractivity contribution in [2.24, 2.45) is 10.2 Å². The summed E-state index contributed by atoms with van der Waals surface area (Å²) in [6.45, 7) is 4.92. The van der Waals surface area contributed by atoms with Gasteiger partial charge in [-0.25, -0.2) is 5.26 Å². The molecule has 0 atom stereocenters. The molecule has 0 radical (unpaired) electrons. The van der Waals surface area contributed by atoms with Crippen LogP contribution in [0, 0.1) is 13.8 Å².